The first-order chi connectivity index (χ1) is 9.00. The van der Waals surface area contributed by atoms with Crippen LogP contribution in [0.5, 0.6) is 0 Å². The lowest BCUT2D eigenvalue weighted by Crippen LogP contribution is -1.89. The first-order valence-electron chi connectivity index (χ1n) is 6.51. The molecule has 0 aliphatic heterocycles. The van der Waals surface area contributed by atoms with Crippen LogP contribution in [-0.2, 0) is 0 Å². The number of rotatable bonds is 2. The van der Waals surface area contributed by atoms with Gasteiger partial charge in [0.15, 0.2) is 0 Å². The van der Waals surface area contributed by atoms with Crippen molar-refractivity contribution >= 4 is 0 Å². The lowest BCUT2D eigenvalue weighted by Gasteiger charge is -2.02. The molecule has 102 valence electrons. The van der Waals surface area contributed by atoms with Gasteiger partial charge in [0.05, 0.1) is 6.20 Å². The van der Waals surface area contributed by atoms with Crippen LogP contribution in [0.3, 0.4) is 0 Å². The molecule has 2 aromatic rings. The van der Waals surface area contributed by atoms with Crippen LogP contribution in [0.15, 0.2) is 43.0 Å². The van der Waals surface area contributed by atoms with Crippen molar-refractivity contribution in [1.29, 1.82) is 0 Å². The predicted molar refractivity (Wildman–Crippen MR) is 76.6 cm³/mol. The summed E-state index contributed by atoms with van der Waals surface area (Å²) in [7, 11) is 0. The number of hydrogen-bond acceptors (Lipinski definition) is 2. The summed E-state index contributed by atoms with van der Waals surface area (Å²) in [4.78, 5) is 7.74. The van der Waals surface area contributed by atoms with Crippen molar-refractivity contribution in [2.24, 2.45) is 0 Å². The number of pyridine rings is 2. The Morgan fingerprint density at radius 2 is 1.53 bits per heavy atom. The minimum atomic E-state index is -0.258. The molecule has 2 nitrogen and oxygen atoms in total. The van der Waals surface area contributed by atoms with Crippen molar-refractivity contribution in [3.05, 3.63) is 59.9 Å². The Balaban J connectivity index is 0.000000191. The zero-order valence-corrected chi connectivity index (χ0v) is 12.0. The second-order valence-corrected chi connectivity index (χ2v) is 5.03. The summed E-state index contributed by atoms with van der Waals surface area (Å²) in [6.45, 7) is 8.35. The van der Waals surface area contributed by atoms with E-state index >= 15 is 0 Å². The highest BCUT2D eigenvalue weighted by Gasteiger charge is 1.99. The summed E-state index contributed by atoms with van der Waals surface area (Å²) >= 11 is 0. The predicted octanol–water partition coefficient (Wildman–Crippen LogP) is 4.55. The first-order valence-corrected chi connectivity index (χ1v) is 6.51. The van der Waals surface area contributed by atoms with Crippen LogP contribution < -0.4 is 0 Å². The van der Waals surface area contributed by atoms with E-state index < -0.39 is 0 Å². The van der Waals surface area contributed by atoms with Gasteiger partial charge in [0, 0.05) is 18.6 Å². The number of hydrogen-bond donors (Lipinski definition) is 0. The molecule has 2 rings (SSSR count). The van der Waals surface area contributed by atoms with Crippen molar-refractivity contribution in [2.75, 3.05) is 0 Å². The van der Waals surface area contributed by atoms with Crippen LogP contribution in [0.1, 0.15) is 50.7 Å². The monoisotopic (exact) mass is 260 g/mol. The van der Waals surface area contributed by atoms with Crippen molar-refractivity contribution in [3.63, 3.8) is 0 Å². The smallest absolute Gasteiger partial charge is 0.141 e. The quantitative estimate of drug-likeness (QED) is 0.791. The van der Waals surface area contributed by atoms with Crippen LogP contribution in [0.4, 0.5) is 4.39 Å². The minimum Gasteiger partial charge on any atom is -0.264 e. The number of nitrogens with zero attached hydrogens (tertiary/aromatic N) is 2. The average molecular weight is 260 g/mol. The highest BCUT2D eigenvalue weighted by Crippen LogP contribution is 2.12. The van der Waals surface area contributed by atoms with E-state index in [1.165, 1.54) is 17.8 Å². The van der Waals surface area contributed by atoms with Gasteiger partial charge in [-0.05, 0) is 35.1 Å². The Bertz CT molecular complexity index is 481. The Morgan fingerprint density at radius 3 is 1.89 bits per heavy atom. The molecule has 2 heterocycles. The van der Waals surface area contributed by atoms with Crippen LogP contribution in [0, 0.1) is 5.82 Å². The van der Waals surface area contributed by atoms with Gasteiger partial charge in [0.25, 0.3) is 0 Å². The van der Waals surface area contributed by atoms with Gasteiger partial charge in [-0.1, -0.05) is 33.8 Å². The molecule has 0 spiro atoms. The molecular weight excluding hydrogens is 239 g/mol. The minimum absolute atomic E-state index is 0.258. The molecule has 0 saturated carbocycles. The molecule has 19 heavy (non-hydrogen) atoms. The van der Waals surface area contributed by atoms with E-state index in [1.807, 2.05) is 26.1 Å². The molecule has 0 amide bonds. The molecule has 0 unspecified atom stereocenters. The van der Waals surface area contributed by atoms with Crippen molar-refractivity contribution in [3.8, 4) is 0 Å². The second kappa shape index (κ2) is 7.62. The summed E-state index contributed by atoms with van der Waals surface area (Å²) in [5, 5.41) is 0. The first kappa shape index (κ1) is 15.3. The molecule has 0 saturated heterocycles. The Labute approximate surface area is 114 Å². The van der Waals surface area contributed by atoms with Crippen molar-refractivity contribution in [2.45, 2.75) is 39.5 Å². The fourth-order valence-electron chi connectivity index (χ4n) is 1.46. The highest BCUT2D eigenvalue weighted by molar-refractivity contribution is 5.13. The maximum Gasteiger partial charge on any atom is 0.141 e. The van der Waals surface area contributed by atoms with Crippen LogP contribution in [0.25, 0.3) is 0 Å². The molecule has 2 aromatic heterocycles. The number of aromatic nitrogens is 2. The SMILES string of the molecule is CC(C)c1cccnc1.CC(C)c1cncc(F)c1. The van der Waals surface area contributed by atoms with E-state index in [1.54, 1.807) is 12.4 Å². The molecular formula is C16H21FN2. The zero-order valence-electron chi connectivity index (χ0n) is 12.0. The summed E-state index contributed by atoms with van der Waals surface area (Å²) in [5.41, 5.74) is 2.25. The number of halogens is 1. The molecule has 3 heteroatoms. The molecule has 0 bridgehead atoms. The van der Waals surface area contributed by atoms with Crippen molar-refractivity contribution in [1.82, 2.24) is 9.97 Å². The van der Waals surface area contributed by atoms with Gasteiger partial charge in [0.1, 0.15) is 5.82 Å². The van der Waals surface area contributed by atoms with Gasteiger partial charge < -0.3 is 0 Å². The van der Waals surface area contributed by atoms with Gasteiger partial charge >= 0.3 is 0 Å². The summed E-state index contributed by atoms with van der Waals surface area (Å²) in [5.74, 6) is 0.688. The van der Waals surface area contributed by atoms with Gasteiger partial charge in [0.2, 0.25) is 0 Å². The summed E-state index contributed by atoms with van der Waals surface area (Å²) < 4.78 is 12.5. The molecule has 0 fully saturated rings. The summed E-state index contributed by atoms with van der Waals surface area (Å²) in [6, 6.07) is 5.57. The average Bonchev–Trinajstić information content (AvgIpc) is 2.40. The lowest BCUT2D eigenvalue weighted by atomic mass is 10.1. The molecule has 0 aliphatic rings. The summed E-state index contributed by atoms with van der Waals surface area (Å²) in [6.07, 6.45) is 6.61. The van der Waals surface area contributed by atoms with E-state index in [9.17, 15) is 4.39 Å². The van der Waals surface area contributed by atoms with E-state index in [4.69, 9.17) is 0 Å². The molecule has 0 atom stereocenters. The fraction of sp³-hybridized carbons (Fsp3) is 0.375. The molecule has 0 N–H and O–H groups in total. The topological polar surface area (TPSA) is 25.8 Å². The van der Waals surface area contributed by atoms with E-state index in [0.29, 0.717) is 11.8 Å². The van der Waals surface area contributed by atoms with Gasteiger partial charge in [-0.3, -0.25) is 9.97 Å². The third-order valence-electron chi connectivity index (χ3n) is 2.74. The Kier molecular flexibility index (Phi) is 6.13. The van der Waals surface area contributed by atoms with Crippen LogP contribution >= 0.6 is 0 Å². The van der Waals surface area contributed by atoms with Gasteiger partial charge in [-0.2, -0.15) is 0 Å². The maximum absolute atomic E-state index is 12.5. The van der Waals surface area contributed by atoms with Crippen molar-refractivity contribution < 1.29 is 4.39 Å². The van der Waals surface area contributed by atoms with Crippen LogP contribution in [0.2, 0.25) is 0 Å². The third kappa shape index (κ3) is 5.60. The van der Waals surface area contributed by atoms with E-state index in [2.05, 4.69) is 29.9 Å². The fourth-order valence-corrected chi connectivity index (χ4v) is 1.46. The second-order valence-electron chi connectivity index (χ2n) is 5.03. The maximum atomic E-state index is 12.5. The Morgan fingerprint density at radius 1 is 0.895 bits per heavy atom. The normalized spacial score (nSPS) is 10.3. The molecule has 0 aliphatic carbocycles. The van der Waals surface area contributed by atoms with Crippen LogP contribution in [-0.4, -0.2) is 9.97 Å². The molecule has 0 radical (unpaired) electrons. The van der Waals surface area contributed by atoms with E-state index in [0.717, 1.165) is 5.56 Å². The Hall–Kier alpha value is -1.77. The zero-order chi connectivity index (χ0) is 14.3. The lowest BCUT2D eigenvalue weighted by molar-refractivity contribution is 0.616. The standard InChI is InChI=1S/C8H10FN.C8H11N/c1-6(2)7-3-8(9)5-10-4-7;1-7(2)8-4-3-5-9-6-8/h3-6H,1-2H3;3-7H,1-2H3. The third-order valence-corrected chi connectivity index (χ3v) is 2.74. The largest absolute Gasteiger partial charge is 0.264 e. The van der Waals surface area contributed by atoms with Gasteiger partial charge in [-0.15, -0.1) is 0 Å². The molecule has 0 aromatic carbocycles. The highest BCUT2D eigenvalue weighted by atomic mass is 19.1. The van der Waals surface area contributed by atoms with Gasteiger partial charge in [-0.25, -0.2) is 4.39 Å². The van der Waals surface area contributed by atoms with E-state index in [-0.39, 0.29) is 5.82 Å².